The van der Waals surface area contributed by atoms with E-state index >= 15 is 0 Å². The largest absolute Gasteiger partial charge is 0.447 e. The molecular weight excluding hydrogens is 773 g/mol. The Balaban J connectivity index is 1.19. The molecule has 4 aromatic carbocycles. The molecule has 0 radical (unpaired) electrons. The topological polar surface area (TPSA) is 122 Å². The highest BCUT2D eigenvalue weighted by Crippen LogP contribution is 2.31. The van der Waals surface area contributed by atoms with Crippen LogP contribution in [0.25, 0.3) is 22.5 Å². The highest BCUT2D eigenvalue weighted by atomic mass is 16.6. The lowest BCUT2D eigenvalue weighted by Gasteiger charge is -2.24. The molecule has 304 valence electrons. The first-order chi connectivity index (χ1) is 30.6. The minimum Gasteiger partial charge on any atom is -0.447 e. The smallest absolute Gasteiger partial charge is 0.414 e. The predicted molar refractivity (Wildman–Crippen MR) is 237 cm³/mol. The van der Waals surface area contributed by atoms with E-state index in [0.29, 0.717) is 24.2 Å². The first-order valence-electron chi connectivity index (χ1n) is 20.9. The summed E-state index contributed by atoms with van der Waals surface area (Å²) in [5, 5.41) is 3.17. The molecule has 0 spiro atoms. The van der Waals surface area contributed by atoms with Gasteiger partial charge in [0.1, 0.15) is 13.2 Å². The van der Waals surface area contributed by atoms with E-state index in [1.807, 2.05) is 97.1 Å². The number of H-pyrrole nitrogens is 4. The van der Waals surface area contributed by atoms with Crippen LogP contribution in [0.4, 0.5) is 9.59 Å². The zero-order valence-electron chi connectivity index (χ0n) is 33.7. The maximum absolute atomic E-state index is 14.0. The van der Waals surface area contributed by atoms with E-state index in [9.17, 15) is 9.59 Å². The van der Waals surface area contributed by atoms with E-state index in [4.69, 9.17) is 9.47 Å². The molecule has 2 saturated heterocycles. The third-order valence-corrected chi connectivity index (χ3v) is 12.0. The molecule has 3 aliphatic heterocycles. The summed E-state index contributed by atoms with van der Waals surface area (Å²) in [7, 11) is 0. The Labute approximate surface area is 356 Å². The molecule has 10 nitrogen and oxygen atoms in total. The van der Waals surface area contributed by atoms with Crippen LogP contribution in [0.3, 0.4) is 0 Å². The third kappa shape index (κ3) is 6.71. The van der Waals surface area contributed by atoms with Gasteiger partial charge in [-0.25, -0.2) is 9.59 Å². The van der Waals surface area contributed by atoms with Crippen molar-refractivity contribution < 1.29 is 19.1 Å². The number of cyclic esters (lactones) is 2. The van der Waals surface area contributed by atoms with Crippen molar-refractivity contribution in [2.24, 2.45) is 0 Å². The summed E-state index contributed by atoms with van der Waals surface area (Å²) in [6.07, 6.45) is 0.427. The second kappa shape index (κ2) is 15.6. The third-order valence-electron chi connectivity index (χ3n) is 12.0. The lowest BCUT2D eigenvalue weighted by atomic mass is 10.0. The number of benzene rings is 4. The van der Waals surface area contributed by atoms with Crippen molar-refractivity contribution in [3.63, 3.8) is 0 Å². The van der Waals surface area contributed by atoms with Gasteiger partial charge in [-0.05, 0) is 83.6 Å². The normalized spacial score (nSPS) is 17.5. The van der Waals surface area contributed by atoms with Crippen LogP contribution < -0.4 is 21.4 Å². The monoisotopic (exact) mass is 814 g/mol. The molecule has 2 amide bonds. The van der Waals surface area contributed by atoms with Gasteiger partial charge in [0.05, 0.1) is 45.6 Å². The summed E-state index contributed by atoms with van der Waals surface area (Å²) in [5.74, 6) is 0. The number of carbonyl (C=O) groups excluding carboxylic acids is 2. The second-order valence-electron chi connectivity index (χ2n) is 15.9. The van der Waals surface area contributed by atoms with E-state index in [-0.39, 0.29) is 25.3 Å². The van der Waals surface area contributed by atoms with Gasteiger partial charge in [0.15, 0.2) is 0 Å². The van der Waals surface area contributed by atoms with E-state index in [2.05, 4.69) is 92.7 Å². The Morgan fingerprint density at radius 2 is 0.758 bits per heavy atom. The molecule has 2 unspecified atom stereocenters. The number of carbonyl (C=O) groups is 2. The first-order valence-corrected chi connectivity index (χ1v) is 20.9. The Hall–Kier alpha value is -7.98. The summed E-state index contributed by atoms with van der Waals surface area (Å²) in [5.41, 5.74) is 10.6. The molecule has 7 heterocycles. The number of amides is 2. The SMILES string of the molecule is O=C1OCC(Cc2ccccc2)N1C1=c2ccc([nH]2)=C(c2ccccc2)c2ccc([nH]2)C(N2C(=O)OCC2Cc2ccccc2)=c2ccc([nH]2)=C(c2ccccc2)c2ccc1[nH]2. The lowest BCUT2D eigenvalue weighted by molar-refractivity contribution is 0.166. The molecule has 2 fully saturated rings. The fourth-order valence-corrected chi connectivity index (χ4v) is 9.19. The van der Waals surface area contributed by atoms with Crippen molar-refractivity contribution in [2.45, 2.75) is 24.9 Å². The van der Waals surface area contributed by atoms with Crippen molar-refractivity contribution >= 4 is 34.7 Å². The molecule has 4 N–H and O–H groups in total. The summed E-state index contributed by atoms with van der Waals surface area (Å²) < 4.78 is 11.7. The standard InChI is InChI=1S/C52H42N6O4/c59-51-57(37(31-61-51)29-33-13-5-1-6-14-33)49-43-25-21-39(53-43)47(35-17-9-3-10-18-35)41-23-27-45(55-41)50(58-38(32-62-52(58)60)30-34-15-7-2-8-16-34)46-28-24-42(56-46)48(36-19-11-4-12-20-36)40-22-26-44(49)54-40/h1-28,37-38,53-56H,29-32H2. The highest BCUT2D eigenvalue weighted by molar-refractivity contribution is 5.86. The van der Waals surface area contributed by atoms with Crippen LogP contribution in [-0.2, 0) is 22.3 Å². The zero-order valence-corrected chi connectivity index (χ0v) is 33.7. The minimum absolute atomic E-state index is 0.256. The molecule has 3 aliphatic rings. The molecular formula is C52H42N6O4. The molecule has 10 heteroatoms. The Bertz CT molecular complexity index is 2980. The second-order valence-corrected chi connectivity index (χ2v) is 15.9. The Kier molecular flexibility index (Phi) is 9.30. The molecule has 8 bridgehead atoms. The van der Waals surface area contributed by atoms with Crippen LogP contribution >= 0.6 is 0 Å². The van der Waals surface area contributed by atoms with Crippen LogP contribution in [0.5, 0.6) is 0 Å². The van der Waals surface area contributed by atoms with E-state index in [0.717, 1.165) is 77.6 Å². The molecule has 2 atom stereocenters. The molecule has 0 aliphatic carbocycles. The number of rotatable bonds is 8. The van der Waals surface area contributed by atoms with Gasteiger partial charge in [-0.15, -0.1) is 0 Å². The fourth-order valence-electron chi connectivity index (χ4n) is 9.19. The maximum atomic E-state index is 14.0. The predicted octanol–water partition coefficient (Wildman–Crippen LogP) is 6.25. The van der Waals surface area contributed by atoms with Crippen LogP contribution in [-0.4, -0.2) is 67.2 Å². The van der Waals surface area contributed by atoms with E-state index in [1.165, 1.54) is 0 Å². The molecule has 62 heavy (non-hydrogen) atoms. The van der Waals surface area contributed by atoms with Gasteiger partial charge in [-0.3, -0.25) is 9.80 Å². The average Bonchev–Trinajstić information content (AvgIpc) is 4.19. The first kappa shape index (κ1) is 37.1. The van der Waals surface area contributed by atoms with Crippen LogP contribution in [0, 0.1) is 0 Å². The number of fused-ring (bicyclic) bond motifs is 8. The lowest BCUT2D eigenvalue weighted by Crippen LogP contribution is -2.38. The van der Waals surface area contributed by atoms with Crippen molar-refractivity contribution in [2.75, 3.05) is 13.2 Å². The molecule has 4 aromatic heterocycles. The van der Waals surface area contributed by atoms with Gasteiger partial charge in [-0.1, -0.05) is 121 Å². The zero-order chi connectivity index (χ0) is 41.6. The fraction of sp³-hybridized carbons (Fsp3) is 0.115. The van der Waals surface area contributed by atoms with Gasteiger partial charge >= 0.3 is 12.2 Å². The van der Waals surface area contributed by atoms with E-state index in [1.54, 1.807) is 9.80 Å². The van der Waals surface area contributed by atoms with Crippen LogP contribution in [0.2, 0.25) is 0 Å². The maximum Gasteiger partial charge on any atom is 0.414 e. The van der Waals surface area contributed by atoms with Crippen LogP contribution in [0.1, 0.15) is 45.0 Å². The van der Waals surface area contributed by atoms with Crippen molar-refractivity contribution in [1.29, 1.82) is 0 Å². The van der Waals surface area contributed by atoms with Crippen molar-refractivity contribution in [1.82, 2.24) is 29.7 Å². The van der Waals surface area contributed by atoms with Crippen LogP contribution in [0.15, 0.2) is 170 Å². The average molecular weight is 815 g/mol. The minimum atomic E-state index is -0.403. The Morgan fingerprint density at radius 3 is 1.16 bits per heavy atom. The number of ether oxygens (including phenoxy) is 2. The number of aromatic amines is 4. The summed E-state index contributed by atoms with van der Waals surface area (Å²) in [4.78, 5) is 46.6. The summed E-state index contributed by atoms with van der Waals surface area (Å²) in [6.45, 7) is 0.514. The van der Waals surface area contributed by atoms with Gasteiger partial charge in [0.25, 0.3) is 0 Å². The quantitative estimate of drug-likeness (QED) is 0.145. The molecule has 0 saturated carbocycles. The number of nitrogens with one attached hydrogen (secondary N) is 4. The number of hydrogen-bond donors (Lipinski definition) is 4. The number of nitrogens with zero attached hydrogens (tertiary/aromatic N) is 2. The van der Waals surface area contributed by atoms with Crippen molar-refractivity contribution in [3.05, 3.63) is 236 Å². The van der Waals surface area contributed by atoms with Gasteiger partial charge < -0.3 is 29.4 Å². The Morgan fingerprint density at radius 1 is 0.403 bits per heavy atom. The summed E-state index contributed by atoms with van der Waals surface area (Å²) in [6, 6.07) is 56.7. The van der Waals surface area contributed by atoms with E-state index < -0.39 is 12.2 Å². The highest BCUT2D eigenvalue weighted by Gasteiger charge is 2.39. The van der Waals surface area contributed by atoms with Crippen molar-refractivity contribution in [3.8, 4) is 0 Å². The molecule has 8 aromatic rings. The summed E-state index contributed by atoms with van der Waals surface area (Å²) >= 11 is 0. The molecule has 11 rings (SSSR count). The van der Waals surface area contributed by atoms with Gasteiger partial charge in [0, 0.05) is 33.2 Å². The van der Waals surface area contributed by atoms with Gasteiger partial charge in [0.2, 0.25) is 0 Å². The van der Waals surface area contributed by atoms with Gasteiger partial charge in [-0.2, -0.15) is 0 Å². The number of hydrogen-bond acceptors (Lipinski definition) is 4. The number of aromatic nitrogens is 4.